The number of tetrazole rings is 1. The number of aryl methyl sites for hydroxylation is 1. The quantitative estimate of drug-likeness (QED) is 0.722. The molecule has 1 unspecified atom stereocenters. The Kier molecular flexibility index (Phi) is 2.54. The number of piperidine rings is 1. The molecule has 0 amide bonds. The molecule has 1 aliphatic heterocycles. The summed E-state index contributed by atoms with van der Waals surface area (Å²) in [5.74, 6) is 0.988. The predicted molar refractivity (Wildman–Crippen MR) is 48.1 cm³/mol. The van der Waals surface area contributed by atoms with Crippen LogP contribution in [0.15, 0.2) is 0 Å². The van der Waals surface area contributed by atoms with Crippen LogP contribution < -0.4 is 5.32 Å². The SMILES string of the molecule is CCn1nnnc1C1CCCCN1. The van der Waals surface area contributed by atoms with E-state index in [4.69, 9.17) is 0 Å². The number of hydrogen-bond donors (Lipinski definition) is 1. The number of rotatable bonds is 2. The van der Waals surface area contributed by atoms with E-state index in [1.165, 1.54) is 12.8 Å². The number of nitrogens with one attached hydrogen (secondary N) is 1. The molecule has 1 N–H and O–H groups in total. The lowest BCUT2D eigenvalue weighted by molar-refractivity contribution is 0.381. The van der Waals surface area contributed by atoms with Crippen LogP contribution in [-0.2, 0) is 6.54 Å². The van der Waals surface area contributed by atoms with Crippen molar-refractivity contribution >= 4 is 0 Å². The zero-order valence-corrected chi connectivity index (χ0v) is 7.90. The molecule has 1 aromatic heterocycles. The summed E-state index contributed by atoms with van der Waals surface area (Å²) in [7, 11) is 0. The van der Waals surface area contributed by atoms with E-state index >= 15 is 0 Å². The van der Waals surface area contributed by atoms with Crippen LogP contribution in [0.3, 0.4) is 0 Å². The highest BCUT2D eigenvalue weighted by Gasteiger charge is 2.19. The largest absolute Gasteiger partial charge is 0.307 e. The van der Waals surface area contributed by atoms with E-state index in [0.29, 0.717) is 6.04 Å². The van der Waals surface area contributed by atoms with Crippen molar-refractivity contribution in [2.45, 2.75) is 38.8 Å². The normalized spacial score (nSPS) is 23.3. The highest BCUT2D eigenvalue weighted by atomic mass is 15.5. The van der Waals surface area contributed by atoms with Crippen molar-refractivity contribution in [3.63, 3.8) is 0 Å². The molecule has 2 heterocycles. The summed E-state index contributed by atoms with van der Waals surface area (Å²) < 4.78 is 1.86. The van der Waals surface area contributed by atoms with E-state index < -0.39 is 0 Å². The van der Waals surface area contributed by atoms with E-state index in [-0.39, 0.29) is 0 Å². The Hall–Kier alpha value is -0.970. The van der Waals surface area contributed by atoms with Gasteiger partial charge in [0.05, 0.1) is 6.04 Å². The van der Waals surface area contributed by atoms with Crippen LogP contribution in [0, 0.1) is 0 Å². The molecule has 5 nitrogen and oxygen atoms in total. The Bertz CT molecular complexity index is 263. The fourth-order valence-corrected chi connectivity index (χ4v) is 1.76. The molecule has 0 aliphatic carbocycles. The average Bonchev–Trinajstić information content (AvgIpc) is 2.67. The van der Waals surface area contributed by atoms with Crippen molar-refractivity contribution in [3.05, 3.63) is 5.82 Å². The van der Waals surface area contributed by atoms with Gasteiger partial charge in [0, 0.05) is 6.54 Å². The standard InChI is InChI=1S/C8H15N5/c1-2-13-8(10-11-12-13)7-5-3-4-6-9-7/h7,9H,2-6H2,1H3. The number of nitrogens with zero attached hydrogens (tertiary/aromatic N) is 4. The zero-order chi connectivity index (χ0) is 9.10. The van der Waals surface area contributed by atoms with Crippen molar-refractivity contribution in [3.8, 4) is 0 Å². The van der Waals surface area contributed by atoms with E-state index in [0.717, 1.165) is 25.3 Å². The molecule has 72 valence electrons. The first-order chi connectivity index (χ1) is 6.42. The van der Waals surface area contributed by atoms with Crippen molar-refractivity contribution < 1.29 is 0 Å². The molecule has 5 heteroatoms. The molecule has 0 radical (unpaired) electrons. The Morgan fingerprint density at radius 1 is 1.54 bits per heavy atom. The molecule has 0 spiro atoms. The first-order valence-electron chi connectivity index (χ1n) is 4.91. The molecular formula is C8H15N5. The third-order valence-electron chi connectivity index (χ3n) is 2.48. The van der Waals surface area contributed by atoms with Gasteiger partial charge in [0.2, 0.25) is 0 Å². The summed E-state index contributed by atoms with van der Waals surface area (Å²) in [6, 6.07) is 0.365. The lowest BCUT2D eigenvalue weighted by Gasteiger charge is -2.21. The minimum absolute atomic E-state index is 0.365. The fourth-order valence-electron chi connectivity index (χ4n) is 1.76. The van der Waals surface area contributed by atoms with Gasteiger partial charge in [0.1, 0.15) is 0 Å². The van der Waals surface area contributed by atoms with Gasteiger partial charge in [-0.05, 0) is 36.7 Å². The highest BCUT2D eigenvalue weighted by Crippen LogP contribution is 2.19. The summed E-state index contributed by atoms with van der Waals surface area (Å²) >= 11 is 0. The van der Waals surface area contributed by atoms with Crippen molar-refractivity contribution in [2.75, 3.05) is 6.54 Å². The van der Waals surface area contributed by atoms with E-state index in [9.17, 15) is 0 Å². The molecule has 1 atom stereocenters. The molecule has 13 heavy (non-hydrogen) atoms. The van der Waals surface area contributed by atoms with Crippen LogP contribution in [0.25, 0.3) is 0 Å². The van der Waals surface area contributed by atoms with Gasteiger partial charge >= 0.3 is 0 Å². The smallest absolute Gasteiger partial charge is 0.168 e. The maximum absolute atomic E-state index is 4.05. The van der Waals surface area contributed by atoms with Crippen LogP contribution in [0.4, 0.5) is 0 Å². The third-order valence-corrected chi connectivity index (χ3v) is 2.48. The summed E-state index contributed by atoms with van der Waals surface area (Å²) in [5, 5.41) is 15.1. The Morgan fingerprint density at radius 2 is 2.46 bits per heavy atom. The van der Waals surface area contributed by atoms with Crippen LogP contribution in [-0.4, -0.2) is 26.8 Å². The first kappa shape index (κ1) is 8.62. The van der Waals surface area contributed by atoms with Crippen LogP contribution in [0.5, 0.6) is 0 Å². The van der Waals surface area contributed by atoms with Gasteiger partial charge in [-0.15, -0.1) is 5.10 Å². The van der Waals surface area contributed by atoms with Crippen molar-refractivity contribution in [2.24, 2.45) is 0 Å². The van der Waals surface area contributed by atoms with Gasteiger partial charge in [-0.3, -0.25) is 0 Å². The fraction of sp³-hybridized carbons (Fsp3) is 0.875. The summed E-state index contributed by atoms with van der Waals surface area (Å²) in [5.41, 5.74) is 0. The van der Waals surface area contributed by atoms with Crippen LogP contribution in [0.2, 0.25) is 0 Å². The molecule has 1 saturated heterocycles. The van der Waals surface area contributed by atoms with E-state index in [1.807, 2.05) is 4.68 Å². The molecule has 1 aromatic rings. The Morgan fingerprint density at radius 3 is 3.15 bits per heavy atom. The van der Waals surface area contributed by atoms with Gasteiger partial charge in [-0.2, -0.15) is 0 Å². The minimum atomic E-state index is 0.365. The maximum atomic E-state index is 4.05. The molecule has 0 bridgehead atoms. The lowest BCUT2D eigenvalue weighted by atomic mass is 10.0. The van der Waals surface area contributed by atoms with Gasteiger partial charge in [0.25, 0.3) is 0 Å². The molecular weight excluding hydrogens is 166 g/mol. The van der Waals surface area contributed by atoms with Crippen LogP contribution in [0.1, 0.15) is 38.1 Å². The molecule has 1 fully saturated rings. The van der Waals surface area contributed by atoms with E-state index in [2.05, 4.69) is 27.8 Å². The second kappa shape index (κ2) is 3.83. The zero-order valence-electron chi connectivity index (χ0n) is 7.90. The number of hydrogen-bond acceptors (Lipinski definition) is 4. The second-order valence-electron chi connectivity index (χ2n) is 3.36. The molecule has 0 saturated carbocycles. The summed E-state index contributed by atoms with van der Waals surface area (Å²) in [6.07, 6.45) is 3.69. The number of aromatic nitrogens is 4. The van der Waals surface area contributed by atoms with Gasteiger partial charge < -0.3 is 5.32 Å². The minimum Gasteiger partial charge on any atom is -0.307 e. The highest BCUT2D eigenvalue weighted by molar-refractivity contribution is 4.93. The van der Waals surface area contributed by atoms with E-state index in [1.54, 1.807) is 0 Å². The molecule has 2 rings (SSSR count). The van der Waals surface area contributed by atoms with Crippen molar-refractivity contribution in [1.29, 1.82) is 0 Å². The Labute approximate surface area is 77.5 Å². The van der Waals surface area contributed by atoms with Crippen molar-refractivity contribution in [1.82, 2.24) is 25.5 Å². The first-order valence-corrected chi connectivity index (χ1v) is 4.91. The third kappa shape index (κ3) is 1.70. The molecule has 0 aromatic carbocycles. The van der Waals surface area contributed by atoms with Gasteiger partial charge in [-0.1, -0.05) is 6.42 Å². The Balaban J connectivity index is 2.13. The monoisotopic (exact) mass is 181 g/mol. The lowest BCUT2D eigenvalue weighted by Crippen LogP contribution is -2.29. The summed E-state index contributed by atoms with van der Waals surface area (Å²) in [4.78, 5) is 0. The summed E-state index contributed by atoms with van der Waals surface area (Å²) in [6.45, 7) is 3.99. The van der Waals surface area contributed by atoms with Gasteiger partial charge in [0.15, 0.2) is 5.82 Å². The topological polar surface area (TPSA) is 55.6 Å². The average molecular weight is 181 g/mol. The molecule has 1 aliphatic rings. The maximum Gasteiger partial charge on any atom is 0.168 e. The van der Waals surface area contributed by atoms with Crippen LogP contribution >= 0.6 is 0 Å². The van der Waals surface area contributed by atoms with Gasteiger partial charge in [-0.25, -0.2) is 4.68 Å². The predicted octanol–water partition coefficient (Wildman–Crippen LogP) is 0.508. The second-order valence-corrected chi connectivity index (χ2v) is 3.36.